The molecular weight excluding hydrogens is 384 g/mol. The first-order valence-electron chi connectivity index (χ1n) is 7.28. The average molecular weight is 392 g/mol. The summed E-state index contributed by atoms with van der Waals surface area (Å²) in [6.07, 6.45) is 0. The van der Waals surface area contributed by atoms with Gasteiger partial charge >= 0.3 is 0 Å². The Bertz CT molecular complexity index is 1190. The molecule has 9 heteroatoms. The molecule has 0 bridgehead atoms. The molecule has 2 heterocycles. The summed E-state index contributed by atoms with van der Waals surface area (Å²) in [4.78, 5) is 20.2. The molecule has 4 rings (SSSR count). The van der Waals surface area contributed by atoms with Crippen molar-refractivity contribution in [1.29, 1.82) is 0 Å². The van der Waals surface area contributed by atoms with Crippen molar-refractivity contribution >= 4 is 45.2 Å². The second-order valence-corrected chi connectivity index (χ2v) is 6.79. The number of hydrogen-bond donors (Lipinski definition) is 2. The van der Waals surface area contributed by atoms with Gasteiger partial charge in [0.25, 0.3) is 5.91 Å². The van der Waals surface area contributed by atoms with Crippen LogP contribution in [0.3, 0.4) is 0 Å². The van der Waals surface area contributed by atoms with Gasteiger partial charge in [-0.15, -0.1) is 0 Å². The number of nitrogens with zero attached hydrogens (tertiary/aromatic N) is 2. The molecule has 1 aliphatic heterocycles. The van der Waals surface area contributed by atoms with Crippen molar-refractivity contribution in [2.45, 2.75) is 0 Å². The Morgan fingerprint density at radius 3 is 2.81 bits per heavy atom. The number of anilines is 2. The van der Waals surface area contributed by atoms with Gasteiger partial charge in [0, 0.05) is 10.2 Å². The fourth-order valence-corrected chi connectivity index (χ4v) is 3.64. The second-order valence-electron chi connectivity index (χ2n) is 5.35. The summed E-state index contributed by atoms with van der Waals surface area (Å²) in [5.41, 5.74) is 0.0199. The molecule has 26 heavy (non-hydrogen) atoms. The summed E-state index contributed by atoms with van der Waals surface area (Å²) in [5.74, 6) is -3.04. The van der Waals surface area contributed by atoms with Gasteiger partial charge in [0.15, 0.2) is 16.8 Å². The van der Waals surface area contributed by atoms with Gasteiger partial charge in [-0.1, -0.05) is 29.0 Å². The summed E-state index contributed by atoms with van der Waals surface area (Å²) in [7, 11) is 0. The predicted molar refractivity (Wildman–Crippen MR) is 93.2 cm³/mol. The molecule has 1 aliphatic rings. The van der Waals surface area contributed by atoms with E-state index in [-0.39, 0.29) is 21.3 Å². The minimum atomic E-state index is -1.07. The van der Waals surface area contributed by atoms with Gasteiger partial charge in [-0.3, -0.25) is 4.79 Å². The van der Waals surface area contributed by atoms with Crippen LogP contribution in [0.25, 0.3) is 5.57 Å². The third kappa shape index (κ3) is 2.73. The van der Waals surface area contributed by atoms with E-state index in [9.17, 15) is 18.7 Å². The number of aromatic hydroxyl groups is 1. The van der Waals surface area contributed by atoms with Gasteiger partial charge in [-0.2, -0.15) is 4.98 Å². The normalized spacial score (nSPS) is 12.9. The zero-order valence-corrected chi connectivity index (χ0v) is 14.3. The number of rotatable bonds is 3. The fourth-order valence-electron chi connectivity index (χ4n) is 2.55. The summed E-state index contributed by atoms with van der Waals surface area (Å²) >= 11 is 6.89. The zero-order chi connectivity index (χ0) is 18.4. The fraction of sp³-hybridized carbons (Fsp3) is 0. The van der Waals surface area contributed by atoms with Gasteiger partial charge in [0.1, 0.15) is 4.88 Å². The second kappa shape index (κ2) is 6.15. The topological polar surface area (TPSA) is 74.6 Å². The van der Waals surface area contributed by atoms with E-state index in [1.165, 1.54) is 12.1 Å². The molecule has 1 amide bonds. The lowest BCUT2D eigenvalue weighted by Gasteiger charge is -2.03. The Morgan fingerprint density at radius 2 is 2.00 bits per heavy atom. The van der Waals surface area contributed by atoms with Crippen molar-refractivity contribution < 1.29 is 18.7 Å². The van der Waals surface area contributed by atoms with Crippen molar-refractivity contribution in [3.63, 3.8) is 0 Å². The number of nitrogens with one attached hydrogen (secondary N) is 1. The molecule has 0 saturated heterocycles. The van der Waals surface area contributed by atoms with Crippen molar-refractivity contribution in [3.05, 3.63) is 68.5 Å². The largest absolute Gasteiger partial charge is 0.492 e. The maximum Gasteiger partial charge on any atom is 0.279 e. The molecule has 2 aromatic carbocycles. The first-order chi connectivity index (χ1) is 12.4. The van der Waals surface area contributed by atoms with Crippen LogP contribution in [-0.4, -0.2) is 16.0 Å². The van der Waals surface area contributed by atoms with Gasteiger partial charge in [0.05, 0.1) is 16.6 Å². The van der Waals surface area contributed by atoms with Crippen LogP contribution in [0.2, 0.25) is 5.02 Å². The maximum atomic E-state index is 13.8. The highest BCUT2D eigenvalue weighted by atomic mass is 35.5. The summed E-state index contributed by atoms with van der Waals surface area (Å²) in [5, 5.41) is 14.2. The number of amides is 1. The number of thiazole rings is 1. The number of benzene rings is 2. The van der Waals surface area contributed by atoms with Crippen LogP contribution in [-0.2, 0) is 4.79 Å². The highest BCUT2D eigenvalue weighted by molar-refractivity contribution is 7.17. The first-order valence-corrected chi connectivity index (χ1v) is 8.47. The minimum Gasteiger partial charge on any atom is -0.492 e. The van der Waals surface area contributed by atoms with E-state index in [1.54, 1.807) is 18.2 Å². The van der Waals surface area contributed by atoms with Crippen molar-refractivity contribution in [3.8, 4) is 5.88 Å². The number of carbonyl (C=O) groups is 1. The van der Waals surface area contributed by atoms with Crippen LogP contribution in [0.4, 0.5) is 19.6 Å². The molecule has 3 aromatic rings. The number of hydrogen-bond acceptors (Lipinski definition) is 5. The minimum absolute atomic E-state index is 0.0952. The lowest BCUT2D eigenvalue weighted by Crippen LogP contribution is -2.22. The summed E-state index contributed by atoms with van der Waals surface area (Å²) in [6, 6.07) is 8.42. The molecule has 0 saturated carbocycles. The maximum absolute atomic E-state index is 13.8. The van der Waals surface area contributed by atoms with E-state index in [1.807, 2.05) is 0 Å². The smallest absolute Gasteiger partial charge is 0.279 e. The summed E-state index contributed by atoms with van der Waals surface area (Å²) < 4.78 is 27.1. The van der Waals surface area contributed by atoms with Crippen LogP contribution < -0.4 is 15.9 Å². The Labute approximate surface area is 153 Å². The number of aromatic nitrogens is 1. The number of carbonyl (C=O) groups excluding carboxylic acids is 1. The average Bonchev–Trinajstić information content (AvgIpc) is 3.10. The van der Waals surface area contributed by atoms with E-state index in [0.29, 0.717) is 15.6 Å². The van der Waals surface area contributed by atoms with E-state index >= 15 is 0 Å². The predicted octanol–water partition coefficient (Wildman–Crippen LogP) is 2.88. The Morgan fingerprint density at radius 1 is 1.19 bits per heavy atom. The van der Waals surface area contributed by atoms with Crippen LogP contribution in [0.1, 0.15) is 4.88 Å². The van der Waals surface area contributed by atoms with E-state index < -0.39 is 23.4 Å². The molecule has 0 atom stereocenters. The molecule has 0 aliphatic carbocycles. The molecule has 5 nitrogen and oxygen atoms in total. The lowest BCUT2D eigenvalue weighted by atomic mass is 10.1. The third-order valence-electron chi connectivity index (χ3n) is 3.69. The molecule has 2 N–H and O–H groups in total. The molecule has 0 radical (unpaired) electrons. The third-order valence-corrected chi connectivity index (χ3v) is 4.91. The molecule has 1 aromatic heterocycles. The standard InChI is InChI=1S/C17H8ClF2N3O2S/c18-7-4-5-10-8(6-7)12(15(24)21-10)14-16(25)23-17(26-14)22-11-3-1-2-9(19)13(11)20/h1-6,25H,(H,22,23). The Hall–Kier alpha value is -2.84. The van der Waals surface area contributed by atoms with Gasteiger partial charge in [-0.05, 0) is 30.3 Å². The van der Waals surface area contributed by atoms with Gasteiger partial charge in [-0.25, -0.2) is 13.8 Å². The Kier molecular flexibility index (Phi) is 3.93. The van der Waals surface area contributed by atoms with Crippen molar-refractivity contribution in [2.24, 2.45) is 4.99 Å². The van der Waals surface area contributed by atoms with Gasteiger partial charge in [0.2, 0.25) is 5.88 Å². The highest BCUT2D eigenvalue weighted by Gasteiger charge is 2.25. The SMILES string of the molecule is O=C1N=c2ccc(Cl)cc2=C1c1sc(Nc2cccc(F)c2F)nc1O. The van der Waals surface area contributed by atoms with Gasteiger partial charge < -0.3 is 10.4 Å². The van der Waals surface area contributed by atoms with Crippen molar-refractivity contribution in [2.75, 3.05) is 5.32 Å². The number of halogens is 3. The van der Waals surface area contributed by atoms with Crippen LogP contribution in [0.5, 0.6) is 5.88 Å². The van der Waals surface area contributed by atoms with E-state index in [0.717, 1.165) is 17.4 Å². The zero-order valence-electron chi connectivity index (χ0n) is 12.8. The molecule has 0 fully saturated rings. The Balaban J connectivity index is 1.81. The quantitative estimate of drug-likeness (QED) is 0.720. The molecule has 0 spiro atoms. The molecular formula is C17H8ClF2N3O2S. The van der Waals surface area contributed by atoms with Crippen LogP contribution in [0.15, 0.2) is 41.4 Å². The lowest BCUT2D eigenvalue weighted by molar-refractivity contribution is -0.112. The molecule has 130 valence electrons. The monoisotopic (exact) mass is 391 g/mol. The highest BCUT2D eigenvalue weighted by Crippen LogP contribution is 2.35. The number of fused-ring (bicyclic) bond motifs is 1. The van der Waals surface area contributed by atoms with E-state index in [4.69, 9.17) is 11.6 Å². The molecule has 0 unspecified atom stereocenters. The summed E-state index contributed by atoms with van der Waals surface area (Å²) in [6.45, 7) is 0. The van der Waals surface area contributed by atoms with Crippen LogP contribution in [0, 0.1) is 11.6 Å². The van der Waals surface area contributed by atoms with Crippen LogP contribution >= 0.6 is 22.9 Å². The first kappa shape index (κ1) is 16.6. The van der Waals surface area contributed by atoms with E-state index in [2.05, 4.69) is 15.3 Å². The van der Waals surface area contributed by atoms with Crippen molar-refractivity contribution in [1.82, 2.24) is 4.98 Å².